The van der Waals surface area contributed by atoms with Crippen LogP contribution in [0.25, 0.3) is 0 Å². The maximum atomic E-state index is 11.6. The van der Waals surface area contributed by atoms with Crippen LogP contribution in [-0.4, -0.2) is 30.3 Å². The highest BCUT2D eigenvalue weighted by Gasteiger charge is 2.06. The molecular formula is C16H15N3O5. The van der Waals surface area contributed by atoms with Crippen LogP contribution in [0.4, 0.5) is 11.4 Å². The number of nitrogens with zero attached hydrogens (tertiary/aromatic N) is 2. The van der Waals surface area contributed by atoms with Crippen LogP contribution < -0.4 is 10.1 Å². The van der Waals surface area contributed by atoms with Crippen molar-refractivity contribution in [1.29, 1.82) is 0 Å². The predicted octanol–water partition coefficient (Wildman–Crippen LogP) is 2.61. The normalized spacial score (nSPS) is 10.3. The Hall–Kier alpha value is -3.42. The minimum Gasteiger partial charge on any atom is -0.490 e. The molecule has 8 heteroatoms. The summed E-state index contributed by atoms with van der Waals surface area (Å²) in [5.74, 6) is 0.160. The van der Waals surface area contributed by atoms with E-state index in [9.17, 15) is 14.9 Å². The Morgan fingerprint density at radius 3 is 2.71 bits per heavy atom. The van der Waals surface area contributed by atoms with E-state index in [1.165, 1.54) is 24.3 Å². The molecule has 0 saturated carbocycles. The van der Waals surface area contributed by atoms with Crippen molar-refractivity contribution in [1.82, 2.24) is 0 Å². The van der Waals surface area contributed by atoms with Crippen molar-refractivity contribution in [2.75, 3.05) is 18.5 Å². The molecule has 0 unspecified atom stereocenters. The summed E-state index contributed by atoms with van der Waals surface area (Å²) in [4.78, 5) is 26.6. The number of anilines is 1. The Bertz CT molecular complexity index is 719. The van der Waals surface area contributed by atoms with E-state index in [1.54, 1.807) is 0 Å². The molecular weight excluding hydrogens is 314 g/mol. The molecule has 0 fully saturated rings. The molecule has 0 atom stereocenters. The maximum absolute atomic E-state index is 11.6. The first-order valence-electron chi connectivity index (χ1n) is 7.04. The van der Waals surface area contributed by atoms with E-state index in [-0.39, 0.29) is 18.9 Å². The molecule has 0 aliphatic carbocycles. The zero-order valence-electron chi connectivity index (χ0n) is 12.6. The van der Waals surface area contributed by atoms with E-state index >= 15 is 0 Å². The third-order valence-corrected chi connectivity index (χ3v) is 2.76. The predicted molar refractivity (Wildman–Crippen MR) is 88.1 cm³/mol. The first-order chi connectivity index (χ1) is 11.6. The van der Waals surface area contributed by atoms with E-state index in [2.05, 4.69) is 10.5 Å². The molecule has 0 aromatic heterocycles. The summed E-state index contributed by atoms with van der Waals surface area (Å²) in [6.45, 7) is 0.462. The number of carbonyl (C=O) groups is 1. The number of para-hydroxylation sites is 1. The third kappa shape index (κ3) is 5.76. The minimum atomic E-state index is -0.556. The van der Waals surface area contributed by atoms with Gasteiger partial charge in [-0.1, -0.05) is 29.4 Å². The summed E-state index contributed by atoms with van der Waals surface area (Å²) < 4.78 is 5.38. The van der Waals surface area contributed by atoms with Crippen LogP contribution in [0, 0.1) is 10.1 Å². The smallest absolute Gasteiger partial charge is 0.271 e. The van der Waals surface area contributed by atoms with Gasteiger partial charge in [-0.3, -0.25) is 14.9 Å². The van der Waals surface area contributed by atoms with Gasteiger partial charge in [0.05, 0.1) is 4.92 Å². The largest absolute Gasteiger partial charge is 0.490 e. The van der Waals surface area contributed by atoms with Crippen LogP contribution >= 0.6 is 0 Å². The molecule has 8 nitrogen and oxygen atoms in total. The Labute approximate surface area is 137 Å². The van der Waals surface area contributed by atoms with Crippen molar-refractivity contribution in [2.24, 2.45) is 5.16 Å². The number of rotatable bonds is 8. The van der Waals surface area contributed by atoms with E-state index < -0.39 is 10.8 Å². The van der Waals surface area contributed by atoms with Gasteiger partial charge < -0.3 is 14.9 Å². The summed E-state index contributed by atoms with van der Waals surface area (Å²) in [5.41, 5.74) is 0.187. The summed E-state index contributed by atoms with van der Waals surface area (Å²) in [6.07, 6.45) is 0.946. The molecule has 0 saturated heterocycles. The fourth-order valence-electron chi connectivity index (χ4n) is 1.72. The van der Waals surface area contributed by atoms with Gasteiger partial charge in [0.25, 0.3) is 11.6 Å². The Morgan fingerprint density at radius 2 is 1.96 bits per heavy atom. The number of oxime groups is 1. The molecule has 0 heterocycles. The fraction of sp³-hybridized carbons (Fsp3) is 0.125. The average Bonchev–Trinajstić information content (AvgIpc) is 2.59. The third-order valence-electron chi connectivity index (χ3n) is 2.76. The van der Waals surface area contributed by atoms with Crippen LogP contribution in [0.2, 0.25) is 0 Å². The zero-order valence-corrected chi connectivity index (χ0v) is 12.6. The number of hydrogen-bond acceptors (Lipinski definition) is 6. The van der Waals surface area contributed by atoms with Gasteiger partial charge in [-0.05, 0) is 18.2 Å². The molecule has 0 bridgehead atoms. The molecule has 24 heavy (non-hydrogen) atoms. The van der Waals surface area contributed by atoms with E-state index in [0.717, 1.165) is 6.21 Å². The Balaban J connectivity index is 1.69. The summed E-state index contributed by atoms with van der Waals surface area (Å²) >= 11 is 0. The lowest BCUT2D eigenvalue weighted by atomic mass is 10.3. The fourth-order valence-corrected chi connectivity index (χ4v) is 1.72. The van der Waals surface area contributed by atoms with Gasteiger partial charge >= 0.3 is 0 Å². The Kier molecular flexibility index (Phi) is 6.27. The number of non-ortho nitro benzene ring substituents is 1. The molecule has 0 radical (unpaired) electrons. The number of nitro groups is 1. The topological polar surface area (TPSA) is 103 Å². The van der Waals surface area contributed by atoms with Crippen LogP contribution in [0.5, 0.6) is 5.75 Å². The second-order valence-corrected chi connectivity index (χ2v) is 4.53. The van der Waals surface area contributed by atoms with E-state index in [4.69, 9.17) is 9.57 Å². The molecule has 1 N–H and O–H groups in total. The highest BCUT2D eigenvalue weighted by molar-refractivity contribution is 6.31. The summed E-state index contributed by atoms with van der Waals surface area (Å²) in [7, 11) is 0. The average molecular weight is 329 g/mol. The molecule has 2 aromatic carbocycles. The van der Waals surface area contributed by atoms with Gasteiger partial charge in [0.2, 0.25) is 0 Å². The van der Waals surface area contributed by atoms with Crippen LogP contribution in [0.15, 0.2) is 59.8 Å². The van der Waals surface area contributed by atoms with Crippen molar-refractivity contribution >= 4 is 23.5 Å². The number of amides is 1. The van der Waals surface area contributed by atoms with Gasteiger partial charge in [0.15, 0.2) is 6.61 Å². The van der Waals surface area contributed by atoms with Gasteiger partial charge in [-0.25, -0.2) is 0 Å². The molecule has 2 aromatic rings. The highest BCUT2D eigenvalue weighted by atomic mass is 16.6. The standard InChI is InChI=1S/C16H15N3O5/c20-16(18-13-5-4-6-14(11-13)19(21)22)12-17-24-10-9-23-15-7-2-1-3-8-15/h1-8,11-12H,9-10H2,(H,18,20)/b17-12+. The van der Waals surface area contributed by atoms with Gasteiger partial charge in [0.1, 0.15) is 18.6 Å². The molecule has 0 aliphatic rings. The lowest BCUT2D eigenvalue weighted by molar-refractivity contribution is -0.384. The maximum Gasteiger partial charge on any atom is 0.271 e. The highest BCUT2D eigenvalue weighted by Crippen LogP contribution is 2.16. The zero-order chi connectivity index (χ0) is 17.2. The van der Waals surface area contributed by atoms with Crippen LogP contribution in [0.1, 0.15) is 0 Å². The first kappa shape index (κ1) is 16.9. The number of carbonyl (C=O) groups excluding carboxylic acids is 1. The number of nitro benzene ring substituents is 1. The van der Waals surface area contributed by atoms with Crippen molar-refractivity contribution in [2.45, 2.75) is 0 Å². The van der Waals surface area contributed by atoms with Crippen LogP contribution in [-0.2, 0) is 9.63 Å². The van der Waals surface area contributed by atoms with Gasteiger partial charge in [-0.15, -0.1) is 0 Å². The minimum absolute atomic E-state index is 0.112. The first-order valence-corrected chi connectivity index (χ1v) is 7.04. The van der Waals surface area contributed by atoms with Crippen molar-refractivity contribution in [3.05, 3.63) is 64.7 Å². The van der Waals surface area contributed by atoms with Crippen LogP contribution in [0.3, 0.4) is 0 Å². The number of ether oxygens (including phenoxy) is 1. The molecule has 124 valence electrons. The quantitative estimate of drug-likeness (QED) is 0.347. The lowest BCUT2D eigenvalue weighted by Gasteiger charge is -2.04. The van der Waals surface area contributed by atoms with E-state index in [0.29, 0.717) is 11.4 Å². The van der Waals surface area contributed by atoms with Crippen molar-refractivity contribution in [3.8, 4) is 5.75 Å². The summed E-state index contributed by atoms with van der Waals surface area (Å²) in [5, 5.41) is 16.6. The number of nitrogens with one attached hydrogen (secondary N) is 1. The van der Waals surface area contributed by atoms with Crippen molar-refractivity contribution < 1.29 is 19.3 Å². The molecule has 0 aliphatic heterocycles. The van der Waals surface area contributed by atoms with Gasteiger partial charge in [-0.2, -0.15) is 0 Å². The monoisotopic (exact) mass is 329 g/mol. The molecule has 1 amide bonds. The molecule has 2 rings (SSSR count). The SMILES string of the molecule is O=C(/C=N/OCCOc1ccccc1)Nc1cccc([N+](=O)[O-])c1. The second kappa shape index (κ2) is 8.89. The summed E-state index contributed by atoms with van der Waals surface area (Å²) in [6, 6.07) is 14.8. The van der Waals surface area contributed by atoms with Crippen molar-refractivity contribution in [3.63, 3.8) is 0 Å². The molecule has 0 spiro atoms. The number of hydrogen-bond donors (Lipinski definition) is 1. The second-order valence-electron chi connectivity index (χ2n) is 4.53. The Morgan fingerprint density at radius 1 is 1.17 bits per heavy atom. The van der Waals surface area contributed by atoms with E-state index in [1.807, 2.05) is 30.3 Å². The lowest BCUT2D eigenvalue weighted by Crippen LogP contribution is -2.13. The van der Waals surface area contributed by atoms with Gasteiger partial charge in [0, 0.05) is 17.8 Å². The number of benzene rings is 2.